The van der Waals surface area contributed by atoms with Gasteiger partial charge in [-0.25, -0.2) is 0 Å². The van der Waals surface area contributed by atoms with Crippen LogP contribution in [-0.2, 0) is 0 Å². The molecule has 0 aliphatic rings. The number of H-pyrrole nitrogens is 1. The molecule has 1 amide bonds. The normalized spacial score (nSPS) is 11.9. The lowest BCUT2D eigenvalue weighted by atomic mass is 10.0. The molecule has 0 saturated heterocycles. The summed E-state index contributed by atoms with van der Waals surface area (Å²) in [5, 5.41) is 3.51. The van der Waals surface area contributed by atoms with Crippen LogP contribution in [0, 0.1) is 0 Å². The fourth-order valence-electron chi connectivity index (χ4n) is 1.95. The van der Waals surface area contributed by atoms with Crippen LogP contribution in [0.2, 0.25) is 5.02 Å². The van der Waals surface area contributed by atoms with Crippen LogP contribution < -0.4 is 10.9 Å². The lowest BCUT2D eigenvalue weighted by molar-refractivity contribution is 0.0934. The molecule has 1 aromatic carbocycles. The van der Waals surface area contributed by atoms with E-state index < -0.39 is 5.56 Å². The molecule has 2 aromatic rings. The number of carbonyl (C=O) groups excluding carboxylic acids is 1. The molecule has 2 rings (SSSR count). The molecule has 0 fully saturated rings. The Morgan fingerprint density at radius 3 is 2.60 bits per heavy atom. The minimum atomic E-state index is -0.393. The number of hydrogen-bond acceptors (Lipinski definition) is 2. The molecule has 0 saturated carbocycles. The second-order valence-corrected chi connectivity index (χ2v) is 4.84. The van der Waals surface area contributed by atoms with Gasteiger partial charge in [-0.2, -0.15) is 0 Å². The van der Waals surface area contributed by atoms with Crippen LogP contribution in [0.3, 0.4) is 0 Å². The van der Waals surface area contributed by atoms with Gasteiger partial charge in [0.05, 0.1) is 6.04 Å². The predicted octanol–water partition coefficient (Wildman–Crippen LogP) is 2.91. The number of nitrogens with one attached hydrogen (secondary N) is 2. The number of carbonyl (C=O) groups is 1. The zero-order chi connectivity index (χ0) is 14.5. The van der Waals surface area contributed by atoms with Gasteiger partial charge >= 0.3 is 0 Å². The molecular weight excluding hydrogens is 276 g/mol. The summed E-state index contributed by atoms with van der Waals surface area (Å²) in [5.74, 6) is -0.381. The highest BCUT2D eigenvalue weighted by Gasteiger charge is 2.16. The summed E-state index contributed by atoms with van der Waals surface area (Å²) >= 11 is 5.85. The van der Waals surface area contributed by atoms with E-state index >= 15 is 0 Å². The Morgan fingerprint density at radius 1 is 1.30 bits per heavy atom. The average molecular weight is 291 g/mol. The van der Waals surface area contributed by atoms with Crippen LogP contribution in [0.1, 0.15) is 35.3 Å². The second-order valence-electron chi connectivity index (χ2n) is 4.40. The first kappa shape index (κ1) is 14.3. The molecule has 2 N–H and O–H groups in total. The number of halogens is 1. The van der Waals surface area contributed by atoms with Crippen molar-refractivity contribution in [3.63, 3.8) is 0 Å². The maximum Gasteiger partial charge on any atom is 0.260 e. The van der Waals surface area contributed by atoms with Gasteiger partial charge in [-0.15, -0.1) is 0 Å². The highest BCUT2D eigenvalue weighted by atomic mass is 35.5. The van der Waals surface area contributed by atoms with Gasteiger partial charge in [-0.1, -0.05) is 30.7 Å². The van der Waals surface area contributed by atoms with Crippen molar-refractivity contribution in [3.05, 3.63) is 69.1 Å². The average Bonchev–Trinajstić information content (AvgIpc) is 2.46. The summed E-state index contributed by atoms with van der Waals surface area (Å²) in [6.45, 7) is 1.97. The number of aromatic amines is 1. The Morgan fingerprint density at radius 2 is 2.00 bits per heavy atom. The highest BCUT2D eigenvalue weighted by Crippen LogP contribution is 2.19. The van der Waals surface area contributed by atoms with Gasteiger partial charge in [-0.3, -0.25) is 9.59 Å². The van der Waals surface area contributed by atoms with Crippen molar-refractivity contribution in [2.75, 3.05) is 0 Å². The van der Waals surface area contributed by atoms with Crippen molar-refractivity contribution < 1.29 is 4.79 Å². The third kappa shape index (κ3) is 3.27. The van der Waals surface area contributed by atoms with Crippen LogP contribution in [0.5, 0.6) is 0 Å². The smallest absolute Gasteiger partial charge is 0.260 e. The van der Waals surface area contributed by atoms with E-state index in [1.807, 2.05) is 19.1 Å². The van der Waals surface area contributed by atoms with E-state index in [4.69, 9.17) is 11.6 Å². The van der Waals surface area contributed by atoms with Crippen molar-refractivity contribution in [1.29, 1.82) is 0 Å². The van der Waals surface area contributed by atoms with Gasteiger partial charge < -0.3 is 10.3 Å². The largest absolute Gasteiger partial charge is 0.345 e. The van der Waals surface area contributed by atoms with Crippen molar-refractivity contribution in [3.8, 4) is 0 Å². The lowest BCUT2D eigenvalue weighted by Gasteiger charge is -2.17. The summed E-state index contributed by atoms with van der Waals surface area (Å²) in [4.78, 5) is 26.2. The number of pyridine rings is 1. The molecule has 5 heteroatoms. The molecule has 0 aliphatic heterocycles. The highest BCUT2D eigenvalue weighted by molar-refractivity contribution is 6.30. The number of aromatic nitrogens is 1. The molecule has 0 spiro atoms. The van der Waals surface area contributed by atoms with Gasteiger partial charge in [0.25, 0.3) is 11.5 Å². The first-order chi connectivity index (χ1) is 9.61. The first-order valence-corrected chi connectivity index (χ1v) is 6.73. The van der Waals surface area contributed by atoms with Crippen molar-refractivity contribution in [1.82, 2.24) is 10.3 Å². The Balaban J connectivity index is 2.18. The van der Waals surface area contributed by atoms with E-state index in [0.29, 0.717) is 5.02 Å². The molecule has 0 aliphatic carbocycles. The van der Waals surface area contributed by atoms with E-state index in [2.05, 4.69) is 10.3 Å². The van der Waals surface area contributed by atoms with Crippen LogP contribution in [0.4, 0.5) is 0 Å². The van der Waals surface area contributed by atoms with Crippen LogP contribution in [0.15, 0.2) is 47.4 Å². The minimum Gasteiger partial charge on any atom is -0.345 e. The van der Waals surface area contributed by atoms with Crippen molar-refractivity contribution >= 4 is 17.5 Å². The van der Waals surface area contributed by atoms with Gasteiger partial charge in [0.2, 0.25) is 0 Å². The monoisotopic (exact) mass is 290 g/mol. The van der Waals surface area contributed by atoms with Crippen LogP contribution in [-0.4, -0.2) is 10.9 Å². The molecule has 4 nitrogen and oxygen atoms in total. The van der Waals surface area contributed by atoms with E-state index in [-0.39, 0.29) is 17.5 Å². The molecule has 1 atom stereocenters. The summed E-state index contributed by atoms with van der Waals surface area (Å²) < 4.78 is 0. The quantitative estimate of drug-likeness (QED) is 0.909. The number of amides is 1. The summed E-state index contributed by atoms with van der Waals surface area (Å²) in [6, 6.07) is 10.3. The van der Waals surface area contributed by atoms with Gasteiger partial charge in [0.1, 0.15) is 5.56 Å². The molecular formula is C15H15ClN2O2. The van der Waals surface area contributed by atoms with E-state index in [1.165, 1.54) is 12.3 Å². The maximum absolute atomic E-state index is 12.1. The molecule has 104 valence electrons. The molecule has 0 bridgehead atoms. The third-order valence-corrected chi connectivity index (χ3v) is 3.30. The number of benzene rings is 1. The van der Waals surface area contributed by atoms with E-state index in [9.17, 15) is 9.59 Å². The molecule has 1 unspecified atom stereocenters. The fourth-order valence-corrected chi connectivity index (χ4v) is 2.08. The first-order valence-electron chi connectivity index (χ1n) is 6.36. The number of hydrogen-bond donors (Lipinski definition) is 2. The summed E-state index contributed by atoms with van der Waals surface area (Å²) in [5.41, 5.74) is 0.675. The zero-order valence-corrected chi connectivity index (χ0v) is 11.8. The van der Waals surface area contributed by atoms with Crippen LogP contribution >= 0.6 is 11.6 Å². The zero-order valence-electron chi connectivity index (χ0n) is 11.0. The van der Waals surface area contributed by atoms with E-state index in [1.54, 1.807) is 18.2 Å². The standard InChI is InChI=1S/C15H15ClN2O2/c1-2-13(10-5-7-11(16)8-6-10)18-15(20)12-4-3-9-17-14(12)19/h3-9,13H,2H2,1H3,(H,17,19)(H,18,20). The lowest BCUT2D eigenvalue weighted by Crippen LogP contribution is -2.32. The summed E-state index contributed by atoms with van der Waals surface area (Å²) in [7, 11) is 0. The number of rotatable bonds is 4. The Hall–Kier alpha value is -2.07. The predicted molar refractivity (Wildman–Crippen MR) is 79.0 cm³/mol. The van der Waals surface area contributed by atoms with Gasteiger partial charge in [0, 0.05) is 11.2 Å². The molecule has 1 aromatic heterocycles. The molecule has 0 radical (unpaired) electrons. The topological polar surface area (TPSA) is 62.0 Å². The fraction of sp³-hybridized carbons (Fsp3) is 0.200. The minimum absolute atomic E-state index is 0.111. The van der Waals surface area contributed by atoms with E-state index in [0.717, 1.165) is 12.0 Å². The SMILES string of the molecule is CCC(NC(=O)c1ccc[nH]c1=O)c1ccc(Cl)cc1. The van der Waals surface area contributed by atoms with Crippen molar-refractivity contribution in [2.24, 2.45) is 0 Å². The molecule has 20 heavy (non-hydrogen) atoms. The second kappa shape index (κ2) is 6.39. The maximum atomic E-state index is 12.1. The van der Waals surface area contributed by atoms with Gasteiger partial charge in [0.15, 0.2) is 0 Å². The molecule has 1 heterocycles. The van der Waals surface area contributed by atoms with Crippen LogP contribution in [0.25, 0.3) is 0 Å². The third-order valence-electron chi connectivity index (χ3n) is 3.05. The van der Waals surface area contributed by atoms with Crippen molar-refractivity contribution in [2.45, 2.75) is 19.4 Å². The Bertz CT molecular complexity index is 649. The van der Waals surface area contributed by atoms with Gasteiger partial charge in [-0.05, 0) is 36.2 Å². The Kier molecular flexibility index (Phi) is 4.58. The Labute approximate surface area is 121 Å². The summed E-state index contributed by atoms with van der Waals surface area (Å²) in [6.07, 6.45) is 2.22.